The smallest absolute Gasteiger partial charge is 0.354 e. The van der Waals surface area contributed by atoms with E-state index in [-0.39, 0.29) is 6.42 Å². The summed E-state index contributed by atoms with van der Waals surface area (Å²) in [6.45, 7) is -0.433. The molecule has 6 nitrogen and oxygen atoms in total. The van der Waals surface area contributed by atoms with Gasteiger partial charge >= 0.3 is 7.60 Å². The highest BCUT2D eigenvalue weighted by Gasteiger charge is 2.42. The Kier molecular flexibility index (Phi) is 2.88. The maximum absolute atomic E-state index is 10.6. The van der Waals surface area contributed by atoms with E-state index in [1.54, 1.807) is 0 Å². The summed E-state index contributed by atoms with van der Waals surface area (Å²) in [4.78, 5) is 17.3. The molecule has 4 N–H and O–H groups in total. The highest BCUT2D eigenvalue weighted by Crippen LogP contribution is 2.47. The molecular weight excluding hydrogens is 187 g/mol. The molecule has 0 radical (unpaired) electrons. The molecule has 0 aromatic heterocycles. The van der Waals surface area contributed by atoms with E-state index in [1.165, 1.54) is 0 Å². The van der Waals surface area contributed by atoms with E-state index in [1.807, 2.05) is 0 Å². The Labute approximate surface area is 68.9 Å². The van der Waals surface area contributed by atoms with Crippen molar-refractivity contribution in [3.05, 3.63) is 0 Å². The van der Waals surface area contributed by atoms with Crippen LogP contribution in [0.15, 0.2) is 0 Å². The van der Waals surface area contributed by atoms with Gasteiger partial charge in [-0.05, 0) is 0 Å². The third kappa shape index (κ3) is 2.04. The molecule has 1 saturated heterocycles. The zero-order chi connectivity index (χ0) is 9.35. The number of hydrogen-bond donors (Lipinski definition) is 4. The summed E-state index contributed by atoms with van der Waals surface area (Å²) in [5, 5.41) is 17.7. The van der Waals surface area contributed by atoms with Gasteiger partial charge in [-0.25, -0.2) is 0 Å². The Bertz CT molecular complexity index is 200. The van der Waals surface area contributed by atoms with Gasteiger partial charge in [0.05, 0.1) is 12.7 Å². The largest absolute Gasteiger partial charge is 0.394 e. The van der Waals surface area contributed by atoms with Crippen LogP contribution in [-0.2, 0) is 9.30 Å². The van der Waals surface area contributed by atoms with Gasteiger partial charge in [-0.2, -0.15) is 0 Å². The summed E-state index contributed by atoms with van der Waals surface area (Å²) in [6.07, 6.45) is -1.99. The maximum atomic E-state index is 10.6. The molecule has 0 aromatic carbocycles. The number of aliphatic hydroxyl groups is 2. The molecule has 12 heavy (non-hydrogen) atoms. The topological polar surface area (TPSA) is 107 Å². The van der Waals surface area contributed by atoms with Crippen LogP contribution in [0, 0.1) is 0 Å². The Balaban J connectivity index is 2.60. The Hall–Kier alpha value is 0.0300. The zero-order valence-corrected chi connectivity index (χ0v) is 7.09. The quantitative estimate of drug-likeness (QED) is 0.408. The summed E-state index contributed by atoms with van der Waals surface area (Å²) in [6, 6.07) is 0. The van der Waals surface area contributed by atoms with E-state index in [0.717, 1.165) is 0 Å². The fourth-order valence-corrected chi connectivity index (χ4v) is 1.89. The lowest BCUT2D eigenvalue weighted by Crippen LogP contribution is -2.24. The lowest BCUT2D eigenvalue weighted by atomic mass is 10.2. The SMILES string of the molecule is O=P(O)(O)C1C[C@H](O)[C@@H](CO)O1. The van der Waals surface area contributed by atoms with E-state index < -0.39 is 32.3 Å². The molecule has 7 heteroatoms. The first kappa shape index (κ1) is 10.1. The Morgan fingerprint density at radius 3 is 2.33 bits per heavy atom. The highest BCUT2D eigenvalue weighted by molar-refractivity contribution is 7.52. The van der Waals surface area contributed by atoms with Crippen molar-refractivity contribution in [3.8, 4) is 0 Å². The second-order valence-corrected chi connectivity index (χ2v) is 4.46. The van der Waals surface area contributed by atoms with E-state index in [4.69, 9.17) is 24.7 Å². The standard InChI is InChI=1S/C5H11O6P/c6-2-4-3(7)1-5(11-4)12(8,9)10/h3-7H,1-2H2,(H2,8,9,10)/t3-,4+,5?/m0/s1. The molecule has 0 bridgehead atoms. The molecule has 0 aromatic rings. The minimum Gasteiger partial charge on any atom is -0.394 e. The maximum Gasteiger partial charge on any atom is 0.354 e. The first-order valence-electron chi connectivity index (χ1n) is 3.44. The van der Waals surface area contributed by atoms with Crippen LogP contribution in [0.4, 0.5) is 0 Å². The van der Waals surface area contributed by atoms with Crippen molar-refractivity contribution in [2.75, 3.05) is 6.61 Å². The van der Waals surface area contributed by atoms with E-state index in [9.17, 15) is 4.57 Å². The molecule has 1 rings (SSSR count). The lowest BCUT2D eigenvalue weighted by Gasteiger charge is -2.12. The van der Waals surface area contributed by atoms with Gasteiger partial charge < -0.3 is 24.7 Å². The highest BCUT2D eigenvalue weighted by atomic mass is 31.2. The first-order chi connectivity index (χ1) is 5.45. The lowest BCUT2D eigenvalue weighted by molar-refractivity contribution is -0.00857. The van der Waals surface area contributed by atoms with Crippen molar-refractivity contribution in [2.45, 2.75) is 24.5 Å². The fourth-order valence-electron chi connectivity index (χ4n) is 1.09. The minimum atomic E-state index is -4.29. The van der Waals surface area contributed by atoms with Gasteiger partial charge in [0, 0.05) is 6.42 Å². The molecule has 0 aliphatic carbocycles. The van der Waals surface area contributed by atoms with Crippen LogP contribution >= 0.6 is 7.60 Å². The van der Waals surface area contributed by atoms with Crippen LogP contribution in [0.3, 0.4) is 0 Å². The van der Waals surface area contributed by atoms with Crippen molar-refractivity contribution in [1.82, 2.24) is 0 Å². The van der Waals surface area contributed by atoms with E-state index >= 15 is 0 Å². The number of aliphatic hydroxyl groups excluding tert-OH is 2. The van der Waals surface area contributed by atoms with Gasteiger partial charge in [0.1, 0.15) is 6.10 Å². The van der Waals surface area contributed by atoms with Crippen molar-refractivity contribution in [2.24, 2.45) is 0 Å². The average Bonchev–Trinajstić information content (AvgIpc) is 2.29. The second kappa shape index (κ2) is 3.41. The number of ether oxygens (including phenoxy) is 1. The molecule has 0 amide bonds. The van der Waals surface area contributed by atoms with Crippen molar-refractivity contribution in [3.63, 3.8) is 0 Å². The molecule has 1 fully saturated rings. The molecule has 3 atom stereocenters. The normalized spacial score (nSPS) is 37.2. The van der Waals surface area contributed by atoms with Gasteiger partial charge in [-0.15, -0.1) is 0 Å². The molecule has 1 heterocycles. The molecule has 1 unspecified atom stereocenters. The molecule has 72 valence electrons. The zero-order valence-electron chi connectivity index (χ0n) is 6.20. The first-order valence-corrected chi connectivity index (χ1v) is 5.13. The van der Waals surface area contributed by atoms with Crippen LogP contribution in [-0.4, -0.2) is 44.7 Å². The van der Waals surface area contributed by atoms with Gasteiger partial charge in [0.15, 0.2) is 5.85 Å². The van der Waals surface area contributed by atoms with Crippen molar-refractivity contribution >= 4 is 7.60 Å². The summed E-state index contributed by atoms with van der Waals surface area (Å²) < 4.78 is 15.3. The molecule has 1 aliphatic heterocycles. The predicted octanol–water partition coefficient (Wildman–Crippen LogP) is -1.37. The second-order valence-electron chi connectivity index (χ2n) is 2.70. The minimum absolute atomic E-state index is 0.129. The van der Waals surface area contributed by atoms with Gasteiger partial charge in [-0.1, -0.05) is 0 Å². The summed E-state index contributed by atoms with van der Waals surface area (Å²) >= 11 is 0. The monoisotopic (exact) mass is 198 g/mol. The molecule has 0 spiro atoms. The third-order valence-corrected chi connectivity index (χ3v) is 2.84. The summed E-state index contributed by atoms with van der Waals surface area (Å²) in [5.41, 5.74) is 0. The van der Waals surface area contributed by atoms with Crippen molar-refractivity contribution in [1.29, 1.82) is 0 Å². The summed E-state index contributed by atoms with van der Waals surface area (Å²) in [7, 11) is -4.29. The van der Waals surface area contributed by atoms with Gasteiger partial charge in [0.2, 0.25) is 0 Å². The van der Waals surface area contributed by atoms with Crippen LogP contribution in [0.25, 0.3) is 0 Å². The Morgan fingerprint density at radius 1 is 1.50 bits per heavy atom. The molecule has 0 saturated carbocycles. The van der Waals surface area contributed by atoms with Crippen LogP contribution in [0.2, 0.25) is 0 Å². The molecular formula is C5H11O6P. The number of hydrogen-bond acceptors (Lipinski definition) is 4. The van der Waals surface area contributed by atoms with E-state index in [0.29, 0.717) is 0 Å². The number of rotatable bonds is 2. The van der Waals surface area contributed by atoms with Gasteiger partial charge in [-0.3, -0.25) is 4.57 Å². The van der Waals surface area contributed by atoms with Crippen molar-refractivity contribution < 1.29 is 29.3 Å². The fraction of sp³-hybridized carbons (Fsp3) is 1.00. The predicted molar refractivity (Wildman–Crippen MR) is 38.4 cm³/mol. The Morgan fingerprint density at radius 2 is 2.08 bits per heavy atom. The third-order valence-electron chi connectivity index (χ3n) is 1.76. The van der Waals surface area contributed by atoms with E-state index in [2.05, 4.69) is 0 Å². The van der Waals surface area contributed by atoms with Crippen LogP contribution in [0.1, 0.15) is 6.42 Å². The summed E-state index contributed by atoms with van der Waals surface area (Å²) in [5.74, 6) is -1.27. The average molecular weight is 198 g/mol. The van der Waals surface area contributed by atoms with Gasteiger partial charge in [0.25, 0.3) is 0 Å². The van der Waals surface area contributed by atoms with Crippen LogP contribution in [0.5, 0.6) is 0 Å². The molecule has 1 aliphatic rings. The van der Waals surface area contributed by atoms with Crippen LogP contribution < -0.4 is 0 Å².